The number of para-hydroxylation sites is 2. The zero-order valence-corrected chi connectivity index (χ0v) is 11.1. The van der Waals surface area contributed by atoms with E-state index in [4.69, 9.17) is 0 Å². The van der Waals surface area contributed by atoms with Gasteiger partial charge in [-0.1, -0.05) is 24.3 Å². The first-order valence-electron chi connectivity index (χ1n) is 6.49. The molecular weight excluding hydrogens is 255 g/mol. The monoisotopic (exact) mass is 270 g/mol. The second kappa shape index (κ2) is 5.06. The molecule has 1 atom stereocenters. The lowest BCUT2D eigenvalue weighted by Gasteiger charge is -2.13. The van der Waals surface area contributed by atoms with Crippen LogP contribution in [0, 0.1) is 12.7 Å². The molecule has 0 amide bonds. The van der Waals surface area contributed by atoms with E-state index in [1.165, 1.54) is 6.07 Å². The van der Waals surface area contributed by atoms with Crippen LogP contribution in [0.1, 0.15) is 17.2 Å². The van der Waals surface area contributed by atoms with E-state index < -0.39 is 6.10 Å². The van der Waals surface area contributed by atoms with Crippen LogP contribution in [0.15, 0.2) is 48.8 Å². The van der Waals surface area contributed by atoms with Gasteiger partial charge >= 0.3 is 0 Å². The Morgan fingerprint density at radius 2 is 2.05 bits per heavy atom. The number of halogens is 1. The normalized spacial score (nSPS) is 12.8. The highest BCUT2D eigenvalue weighted by Gasteiger charge is 2.12. The minimum absolute atomic E-state index is 0.294. The van der Waals surface area contributed by atoms with E-state index in [2.05, 4.69) is 4.98 Å². The molecule has 0 saturated heterocycles. The molecule has 3 aromatic rings. The second-order valence-electron chi connectivity index (χ2n) is 4.91. The van der Waals surface area contributed by atoms with Crippen molar-refractivity contribution in [3.63, 3.8) is 0 Å². The van der Waals surface area contributed by atoms with Crippen LogP contribution in [0.4, 0.5) is 4.39 Å². The van der Waals surface area contributed by atoms with Crippen LogP contribution in [0.25, 0.3) is 11.0 Å². The maximum atomic E-state index is 13.5. The molecule has 1 heterocycles. The number of rotatable bonds is 3. The van der Waals surface area contributed by atoms with E-state index in [-0.39, 0.29) is 5.82 Å². The second-order valence-corrected chi connectivity index (χ2v) is 4.91. The van der Waals surface area contributed by atoms with Crippen molar-refractivity contribution >= 4 is 11.0 Å². The molecular formula is C16H15FN2O. The third-order valence-corrected chi connectivity index (χ3v) is 3.48. The summed E-state index contributed by atoms with van der Waals surface area (Å²) in [6.07, 6.45) is 0.932. The zero-order chi connectivity index (χ0) is 14.1. The number of hydrogen-bond acceptors (Lipinski definition) is 2. The SMILES string of the molecule is Cc1ccc(C(O)Cn2cnc3ccccc32)cc1F. The predicted molar refractivity (Wildman–Crippen MR) is 75.8 cm³/mol. The Balaban J connectivity index is 1.88. The van der Waals surface area contributed by atoms with Crippen LogP contribution in [0.5, 0.6) is 0 Å². The smallest absolute Gasteiger partial charge is 0.126 e. The summed E-state index contributed by atoms with van der Waals surface area (Å²) < 4.78 is 15.4. The van der Waals surface area contributed by atoms with Gasteiger partial charge in [-0.15, -0.1) is 0 Å². The number of aliphatic hydroxyl groups is 1. The van der Waals surface area contributed by atoms with Gasteiger partial charge in [-0.25, -0.2) is 9.37 Å². The molecule has 3 nitrogen and oxygen atoms in total. The molecule has 2 aromatic carbocycles. The number of benzene rings is 2. The predicted octanol–water partition coefficient (Wildman–Crippen LogP) is 3.22. The van der Waals surface area contributed by atoms with E-state index in [1.807, 2.05) is 28.8 Å². The van der Waals surface area contributed by atoms with E-state index in [0.717, 1.165) is 11.0 Å². The molecule has 0 saturated carbocycles. The highest BCUT2D eigenvalue weighted by Crippen LogP contribution is 2.20. The van der Waals surface area contributed by atoms with Gasteiger partial charge in [-0.05, 0) is 36.2 Å². The maximum Gasteiger partial charge on any atom is 0.126 e. The highest BCUT2D eigenvalue weighted by molar-refractivity contribution is 5.74. The number of aromatic nitrogens is 2. The fourth-order valence-corrected chi connectivity index (χ4v) is 2.26. The molecule has 0 aliphatic carbocycles. The average Bonchev–Trinajstić information content (AvgIpc) is 2.85. The summed E-state index contributed by atoms with van der Waals surface area (Å²) in [5.74, 6) is -0.294. The number of aliphatic hydroxyl groups excluding tert-OH is 1. The Bertz CT molecular complexity index is 751. The van der Waals surface area contributed by atoms with E-state index in [1.54, 1.807) is 25.4 Å². The van der Waals surface area contributed by atoms with Crippen LogP contribution >= 0.6 is 0 Å². The van der Waals surface area contributed by atoms with Gasteiger partial charge < -0.3 is 9.67 Å². The van der Waals surface area contributed by atoms with Crippen LogP contribution in [0.3, 0.4) is 0 Å². The Hall–Kier alpha value is -2.20. The number of nitrogens with zero attached hydrogens (tertiary/aromatic N) is 2. The number of imidazole rings is 1. The van der Waals surface area contributed by atoms with Crippen molar-refractivity contribution in [1.29, 1.82) is 0 Å². The van der Waals surface area contributed by atoms with Crippen LogP contribution in [0.2, 0.25) is 0 Å². The standard InChI is InChI=1S/C16H15FN2O/c1-11-6-7-12(8-13(11)17)16(20)9-19-10-18-14-4-2-3-5-15(14)19/h2-8,10,16,20H,9H2,1H3. The summed E-state index contributed by atoms with van der Waals surface area (Å²) in [7, 11) is 0. The van der Waals surface area contributed by atoms with Crippen molar-refractivity contribution in [2.24, 2.45) is 0 Å². The summed E-state index contributed by atoms with van der Waals surface area (Å²) in [5.41, 5.74) is 2.99. The van der Waals surface area contributed by atoms with E-state index in [9.17, 15) is 9.50 Å². The van der Waals surface area contributed by atoms with Crippen molar-refractivity contribution < 1.29 is 9.50 Å². The molecule has 102 valence electrons. The van der Waals surface area contributed by atoms with Gasteiger partial charge in [0, 0.05) is 0 Å². The zero-order valence-electron chi connectivity index (χ0n) is 11.1. The molecule has 0 spiro atoms. The van der Waals surface area contributed by atoms with Gasteiger partial charge in [-0.2, -0.15) is 0 Å². The molecule has 0 bridgehead atoms. The lowest BCUT2D eigenvalue weighted by atomic mass is 10.1. The lowest BCUT2D eigenvalue weighted by Crippen LogP contribution is -2.08. The third kappa shape index (κ3) is 2.30. The van der Waals surface area contributed by atoms with Crippen molar-refractivity contribution in [2.75, 3.05) is 0 Å². The van der Waals surface area contributed by atoms with Crippen molar-refractivity contribution in [2.45, 2.75) is 19.6 Å². The van der Waals surface area contributed by atoms with Crippen molar-refractivity contribution in [1.82, 2.24) is 9.55 Å². The number of fused-ring (bicyclic) bond motifs is 1. The summed E-state index contributed by atoms with van der Waals surface area (Å²) in [5, 5.41) is 10.3. The summed E-state index contributed by atoms with van der Waals surface area (Å²) in [6, 6.07) is 12.5. The van der Waals surface area contributed by atoms with Crippen LogP contribution in [-0.4, -0.2) is 14.7 Å². The molecule has 1 N–H and O–H groups in total. The van der Waals surface area contributed by atoms with Crippen molar-refractivity contribution in [3.05, 3.63) is 65.7 Å². The fraction of sp³-hybridized carbons (Fsp3) is 0.188. The molecule has 20 heavy (non-hydrogen) atoms. The maximum absolute atomic E-state index is 13.5. The molecule has 0 aliphatic heterocycles. The Morgan fingerprint density at radius 1 is 1.25 bits per heavy atom. The first-order chi connectivity index (χ1) is 9.65. The minimum atomic E-state index is -0.761. The molecule has 1 unspecified atom stereocenters. The van der Waals surface area contributed by atoms with Crippen LogP contribution in [-0.2, 0) is 6.54 Å². The first kappa shape index (κ1) is 12.8. The van der Waals surface area contributed by atoms with E-state index in [0.29, 0.717) is 17.7 Å². The van der Waals surface area contributed by atoms with Gasteiger partial charge in [0.25, 0.3) is 0 Å². The topological polar surface area (TPSA) is 38.0 Å². The van der Waals surface area contributed by atoms with E-state index >= 15 is 0 Å². The molecule has 0 fully saturated rings. The summed E-state index contributed by atoms with van der Waals surface area (Å²) in [6.45, 7) is 2.05. The largest absolute Gasteiger partial charge is 0.387 e. The third-order valence-electron chi connectivity index (χ3n) is 3.48. The van der Waals surface area contributed by atoms with Gasteiger partial charge in [0.2, 0.25) is 0 Å². The highest BCUT2D eigenvalue weighted by atomic mass is 19.1. The molecule has 1 aromatic heterocycles. The number of aryl methyl sites for hydroxylation is 1. The van der Waals surface area contributed by atoms with Crippen molar-refractivity contribution in [3.8, 4) is 0 Å². The minimum Gasteiger partial charge on any atom is -0.387 e. The Morgan fingerprint density at radius 3 is 2.85 bits per heavy atom. The molecule has 3 rings (SSSR count). The average molecular weight is 270 g/mol. The quantitative estimate of drug-likeness (QED) is 0.793. The number of hydrogen-bond donors (Lipinski definition) is 1. The van der Waals surface area contributed by atoms with Gasteiger partial charge in [0.1, 0.15) is 5.82 Å². The molecule has 0 radical (unpaired) electrons. The fourth-order valence-electron chi connectivity index (χ4n) is 2.26. The Kier molecular flexibility index (Phi) is 3.24. The Labute approximate surface area is 116 Å². The molecule has 4 heteroatoms. The lowest BCUT2D eigenvalue weighted by molar-refractivity contribution is 0.157. The molecule has 0 aliphatic rings. The van der Waals surface area contributed by atoms with Gasteiger partial charge in [0.05, 0.1) is 30.0 Å². The van der Waals surface area contributed by atoms with Gasteiger partial charge in [-0.3, -0.25) is 0 Å². The first-order valence-corrected chi connectivity index (χ1v) is 6.49. The van der Waals surface area contributed by atoms with Gasteiger partial charge in [0.15, 0.2) is 0 Å². The summed E-state index contributed by atoms with van der Waals surface area (Å²) >= 11 is 0. The van der Waals surface area contributed by atoms with Crippen LogP contribution < -0.4 is 0 Å². The summed E-state index contributed by atoms with van der Waals surface area (Å²) in [4.78, 5) is 4.27.